The van der Waals surface area contributed by atoms with Gasteiger partial charge in [-0.1, -0.05) is 185 Å². The molecule has 0 fully saturated rings. The predicted octanol–water partition coefficient (Wildman–Crippen LogP) is 21.0. The number of nitrogens with zero attached hydrogens (tertiary/aromatic N) is 4. The maximum Gasteiger partial charge on any atom is 0.136 e. The van der Waals surface area contributed by atoms with Gasteiger partial charge in [-0.05, 0) is 191 Å². The van der Waals surface area contributed by atoms with Crippen LogP contribution in [-0.2, 0) is 28.1 Å². The number of nitriles is 2. The lowest BCUT2D eigenvalue weighted by atomic mass is 9.49. The van der Waals surface area contributed by atoms with Gasteiger partial charge in [0, 0.05) is 71.6 Å². The molecule has 0 N–H and O–H groups in total. The number of benzene rings is 13. The minimum Gasteiger partial charge on any atom is -0.456 e. The molecule has 440 valence electrons. The first-order valence-electron chi connectivity index (χ1n) is 33.8. The minimum absolute atomic E-state index is 0.00220. The maximum atomic E-state index is 11.1. The summed E-state index contributed by atoms with van der Waals surface area (Å²) in [4.78, 5) is 0. The molecule has 17 aromatic rings. The number of hydrogen-bond acceptors (Lipinski definition) is 3. The predicted molar refractivity (Wildman–Crippen MR) is 380 cm³/mol. The van der Waals surface area contributed by atoms with Crippen molar-refractivity contribution in [1.29, 1.82) is 10.5 Å². The Morgan fingerprint density at radius 2 is 1.08 bits per heavy atom. The van der Waals surface area contributed by atoms with Crippen molar-refractivity contribution in [3.8, 4) is 29.0 Å². The van der Waals surface area contributed by atoms with Gasteiger partial charge in [-0.3, -0.25) is 0 Å². The fraction of sp³-hybridized carbons (Fsp3) is 0.133. The molecule has 13 aromatic carbocycles. The lowest BCUT2D eigenvalue weighted by Gasteiger charge is -2.54. The van der Waals surface area contributed by atoms with Crippen LogP contribution in [0.4, 0.5) is 0 Å². The molecule has 26 rings (SSSR count). The molecule has 5 nitrogen and oxygen atoms in total. The number of furan rings is 1. The van der Waals surface area contributed by atoms with E-state index >= 15 is 0 Å². The highest BCUT2D eigenvalue weighted by atomic mass is 16.3. The van der Waals surface area contributed by atoms with E-state index in [9.17, 15) is 10.5 Å². The van der Waals surface area contributed by atoms with Gasteiger partial charge in [0.2, 0.25) is 0 Å². The Balaban J connectivity index is 0.773. The van der Waals surface area contributed by atoms with Gasteiger partial charge in [-0.25, -0.2) is 0 Å². The molecule has 0 radical (unpaired) electrons. The fourth-order valence-corrected chi connectivity index (χ4v) is 21.6. The van der Waals surface area contributed by atoms with Crippen LogP contribution in [-0.4, -0.2) is 8.97 Å². The fourth-order valence-electron chi connectivity index (χ4n) is 21.6. The summed E-state index contributed by atoms with van der Waals surface area (Å²) in [7, 11) is 0. The third kappa shape index (κ3) is 5.37. The first-order chi connectivity index (χ1) is 46.6. The van der Waals surface area contributed by atoms with Crippen molar-refractivity contribution in [1.82, 2.24) is 8.97 Å². The van der Waals surface area contributed by atoms with E-state index in [1.807, 2.05) is 12.1 Å². The Morgan fingerprint density at radius 3 is 1.88 bits per heavy atom. The summed E-state index contributed by atoms with van der Waals surface area (Å²) < 4.78 is 12.4. The highest BCUT2D eigenvalue weighted by molar-refractivity contribution is 6.35. The second kappa shape index (κ2) is 16.1. The van der Waals surface area contributed by atoms with Crippen LogP contribution in [0.3, 0.4) is 0 Å². The maximum absolute atomic E-state index is 11.1. The Labute approximate surface area is 545 Å². The molecule has 3 unspecified atom stereocenters. The molecule has 6 heterocycles. The highest BCUT2D eigenvalue weighted by Crippen LogP contribution is 2.70. The average Bonchev–Trinajstić information content (AvgIpc) is 1.60. The van der Waals surface area contributed by atoms with E-state index in [1.54, 1.807) is 0 Å². The van der Waals surface area contributed by atoms with Gasteiger partial charge in [-0.2, -0.15) is 10.5 Å². The summed E-state index contributed by atoms with van der Waals surface area (Å²) in [6.45, 7) is 7.63. The summed E-state index contributed by atoms with van der Waals surface area (Å²) in [6.07, 6.45) is 2.94. The van der Waals surface area contributed by atoms with Crippen LogP contribution >= 0.6 is 0 Å². The zero-order chi connectivity index (χ0) is 62.2. The lowest BCUT2D eigenvalue weighted by Crippen LogP contribution is -2.46. The number of aromatic nitrogens is 2. The minimum atomic E-state index is -0.732. The molecule has 2 spiro atoms. The van der Waals surface area contributed by atoms with E-state index in [0.29, 0.717) is 11.1 Å². The SMILES string of the molecule is CC1(C)CCC(C)(Cc2ccc3c(c2)C24c5cc6ccccc6cc5C3c3ccc5c6c(C#N)ccc7c8c9c(cc2c8n(c5c34)c76)oc2ccccc29)c2cc3c(cc21)C12c4ccccc4C(c4ccccc41)c1ccc4c5cc(-c6ccc(C#N)cc6)ccc5n-3c4c12. The van der Waals surface area contributed by atoms with Crippen LogP contribution in [0.25, 0.3) is 109 Å². The van der Waals surface area contributed by atoms with Crippen molar-refractivity contribution >= 4 is 92.6 Å². The van der Waals surface area contributed by atoms with Crippen LogP contribution in [0.2, 0.25) is 0 Å². The monoisotopic (exact) mass is 1210 g/mol. The molecule has 2 aliphatic heterocycles. The summed E-state index contributed by atoms with van der Waals surface area (Å²) >= 11 is 0. The number of para-hydroxylation sites is 1. The quantitative estimate of drug-likeness (QED) is 0.177. The summed E-state index contributed by atoms with van der Waals surface area (Å²) in [5.74, 6) is 0.122. The second-order valence-electron chi connectivity index (χ2n) is 29.8. The first-order valence-corrected chi connectivity index (χ1v) is 33.8. The Morgan fingerprint density at radius 1 is 0.421 bits per heavy atom. The lowest BCUT2D eigenvalue weighted by molar-refractivity contribution is 0.309. The topological polar surface area (TPSA) is 70.1 Å². The zero-order valence-electron chi connectivity index (χ0n) is 52.3. The largest absolute Gasteiger partial charge is 0.456 e. The van der Waals surface area contributed by atoms with Gasteiger partial charge in [0.1, 0.15) is 11.2 Å². The van der Waals surface area contributed by atoms with Gasteiger partial charge < -0.3 is 13.4 Å². The second-order valence-corrected chi connectivity index (χ2v) is 29.8. The molecule has 9 aliphatic rings. The number of fused-ring (bicyclic) bond motifs is 13. The molecule has 0 saturated carbocycles. The molecule has 0 amide bonds. The van der Waals surface area contributed by atoms with Gasteiger partial charge in [0.05, 0.1) is 67.4 Å². The molecular weight excluding hydrogens is 1150 g/mol. The summed E-state index contributed by atoms with van der Waals surface area (Å²) in [5, 5.41) is 32.7. The van der Waals surface area contributed by atoms with Gasteiger partial charge in [-0.15, -0.1) is 0 Å². The summed E-state index contributed by atoms with van der Waals surface area (Å²) in [5.41, 5.74) is 34.7. The standard InChI is InChI=1S/C90H54N4O/c1-87(2)34-35-88(3,69-41-73-70(40-68(69)87)89-64-17-9-6-14-54(64)77(55-15-7-10-18-65(55)89)58-30-29-53-62-37-51(48-23-20-46(44-91)21-24-48)26-33-72(62)93(73)84(53)81(58)89)43-47-22-27-56-66(36-47)90-67-39-50-13-5-4-12-49(50)38-63(67)78(56)59-31-32-60-76-52(45-92)25-28-61-80-79-57-16-8-11-19-74(57)95-75(79)42-71(90)86(80)94(83(61)76)85(60)82(59)90/h4-33,36-42,77-78H,34-35,43H2,1-3H3. The molecule has 4 aromatic heterocycles. The van der Waals surface area contributed by atoms with Crippen LogP contribution in [0.5, 0.6) is 0 Å². The van der Waals surface area contributed by atoms with E-state index in [4.69, 9.17) is 4.42 Å². The van der Waals surface area contributed by atoms with Crippen molar-refractivity contribution in [3.63, 3.8) is 0 Å². The van der Waals surface area contributed by atoms with Crippen molar-refractivity contribution in [2.45, 2.75) is 73.5 Å². The average molecular weight is 1210 g/mol. The van der Waals surface area contributed by atoms with Crippen LogP contribution in [0.15, 0.2) is 229 Å². The first kappa shape index (κ1) is 50.1. The van der Waals surface area contributed by atoms with Gasteiger partial charge in [0.25, 0.3) is 0 Å². The Bertz CT molecular complexity index is 6680. The highest BCUT2D eigenvalue weighted by Gasteiger charge is 2.60. The van der Waals surface area contributed by atoms with E-state index in [0.717, 1.165) is 68.6 Å². The molecule has 7 aliphatic carbocycles. The molecule has 95 heavy (non-hydrogen) atoms. The molecule has 4 bridgehead atoms. The Hall–Kier alpha value is -11.5. The summed E-state index contributed by atoms with van der Waals surface area (Å²) in [6, 6.07) is 91.2. The van der Waals surface area contributed by atoms with Crippen molar-refractivity contribution < 1.29 is 4.42 Å². The van der Waals surface area contributed by atoms with Crippen LogP contribution < -0.4 is 0 Å². The Kier molecular flexibility index (Phi) is 8.49. The smallest absolute Gasteiger partial charge is 0.136 e. The van der Waals surface area contributed by atoms with Gasteiger partial charge in [0.15, 0.2) is 0 Å². The van der Waals surface area contributed by atoms with Crippen molar-refractivity contribution in [2.75, 3.05) is 0 Å². The van der Waals surface area contributed by atoms with E-state index in [1.165, 1.54) is 155 Å². The van der Waals surface area contributed by atoms with Crippen LogP contribution in [0, 0.1) is 22.7 Å². The normalized spacial score (nSPS) is 21.1. The van der Waals surface area contributed by atoms with E-state index < -0.39 is 10.8 Å². The van der Waals surface area contributed by atoms with Crippen molar-refractivity contribution in [3.05, 3.63) is 330 Å². The van der Waals surface area contributed by atoms with E-state index in [2.05, 4.69) is 254 Å². The van der Waals surface area contributed by atoms with E-state index in [-0.39, 0.29) is 22.7 Å². The van der Waals surface area contributed by atoms with Gasteiger partial charge >= 0.3 is 0 Å². The third-order valence-electron chi connectivity index (χ3n) is 25.3. The third-order valence-corrected chi connectivity index (χ3v) is 25.3. The molecule has 0 saturated heterocycles. The molecule has 3 atom stereocenters. The van der Waals surface area contributed by atoms with Crippen LogP contribution in [0.1, 0.15) is 151 Å². The van der Waals surface area contributed by atoms with Crippen molar-refractivity contribution in [2.24, 2.45) is 0 Å². The molecular formula is C90H54N4O. The number of rotatable bonds is 3. The molecule has 5 heteroatoms. The zero-order valence-corrected chi connectivity index (χ0v) is 52.3. The number of hydrogen-bond donors (Lipinski definition) is 0.